The Bertz CT molecular complexity index is 1140. The molecule has 2 aromatic rings. The van der Waals surface area contributed by atoms with E-state index in [2.05, 4.69) is 100 Å². The molecule has 38 heavy (non-hydrogen) atoms. The molecule has 0 radical (unpaired) electrons. The molecule has 0 aromatic heterocycles. The molecule has 0 amide bonds. The summed E-state index contributed by atoms with van der Waals surface area (Å²) in [6.45, 7) is 20.4. The maximum atomic E-state index is 4.68. The topological polar surface area (TPSA) is 6.48 Å². The van der Waals surface area contributed by atoms with Crippen molar-refractivity contribution in [3.8, 4) is 0 Å². The van der Waals surface area contributed by atoms with E-state index in [1.807, 2.05) is 0 Å². The smallest absolute Gasteiger partial charge is 0.0409 e. The van der Waals surface area contributed by atoms with Crippen molar-refractivity contribution >= 4 is 11.4 Å². The first-order valence-corrected chi connectivity index (χ1v) is 15.1. The molecule has 2 aliphatic rings. The molecule has 1 heterocycles. The fourth-order valence-corrected chi connectivity index (χ4v) is 6.33. The van der Waals surface area contributed by atoms with Crippen molar-refractivity contribution in [1.29, 1.82) is 0 Å². The van der Waals surface area contributed by atoms with Gasteiger partial charge in [-0.2, -0.15) is 0 Å². The fourth-order valence-electron chi connectivity index (χ4n) is 6.33. The summed E-state index contributed by atoms with van der Waals surface area (Å²) in [7, 11) is 2.23. The first kappa shape index (κ1) is 28.3. The van der Waals surface area contributed by atoms with Crippen LogP contribution in [0.1, 0.15) is 118 Å². The molecule has 0 atom stereocenters. The third kappa shape index (κ3) is 6.28. The Kier molecular flexibility index (Phi) is 9.58. The molecular formula is C36H50N2. The molecule has 0 spiro atoms. The van der Waals surface area contributed by atoms with Crippen molar-refractivity contribution in [2.45, 2.75) is 97.3 Å². The highest BCUT2D eigenvalue weighted by Gasteiger charge is 2.27. The summed E-state index contributed by atoms with van der Waals surface area (Å²) in [5.74, 6) is 1.32. The number of rotatable bonds is 11. The van der Waals surface area contributed by atoms with Crippen LogP contribution in [0.25, 0.3) is 11.4 Å². The SMILES string of the molecule is C=C(c1ccc(C2CCC2)c(C(=C)N(C)/C(CCC)=C(\C)CCC)c1)N1CCC(c2ccc(C)cc2)CC1. The Balaban J connectivity index is 1.55. The van der Waals surface area contributed by atoms with Crippen molar-refractivity contribution in [3.05, 3.63) is 94.7 Å². The van der Waals surface area contributed by atoms with Gasteiger partial charge in [-0.3, -0.25) is 0 Å². The van der Waals surface area contributed by atoms with Gasteiger partial charge in [0.25, 0.3) is 0 Å². The molecule has 2 nitrogen and oxygen atoms in total. The van der Waals surface area contributed by atoms with Gasteiger partial charge in [-0.1, -0.05) is 93.8 Å². The van der Waals surface area contributed by atoms with Crippen molar-refractivity contribution in [2.24, 2.45) is 0 Å². The molecule has 4 rings (SSSR count). The van der Waals surface area contributed by atoms with E-state index in [0.29, 0.717) is 11.8 Å². The summed E-state index contributed by atoms with van der Waals surface area (Å²) in [6, 6.07) is 16.3. The molecule has 2 fully saturated rings. The Morgan fingerprint density at radius 3 is 2.13 bits per heavy atom. The summed E-state index contributed by atoms with van der Waals surface area (Å²) in [5.41, 5.74) is 12.1. The Morgan fingerprint density at radius 1 is 0.895 bits per heavy atom. The van der Waals surface area contributed by atoms with E-state index in [1.165, 1.54) is 77.6 Å². The fraction of sp³-hybridized carbons (Fsp3) is 0.500. The van der Waals surface area contributed by atoms with Gasteiger partial charge in [-0.15, -0.1) is 0 Å². The van der Waals surface area contributed by atoms with E-state index >= 15 is 0 Å². The second-order valence-corrected chi connectivity index (χ2v) is 11.8. The Hall–Kier alpha value is -2.74. The van der Waals surface area contributed by atoms with Gasteiger partial charge in [-0.05, 0) is 87.0 Å². The molecule has 0 unspecified atom stereocenters. The third-order valence-electron chi connectivity index (χ3n) is 9.08. The summed E-state index contributed by atoms with van der Waals surface area (Å²) in [5, 5.41) is 0. The van der Waals surface area contributed by atoms with E-state index in [1.54, 1.807) is 0 Å². The quantitative estimate of drug-likeness (QED) is 0.297. The second-order valence-electron chi connectivity index (χ2n) is 11.8. The zero-order chi connectivity index (χ0) is 27.2. The van der Waals surface area contributed by atoms with E-state index in [-0.39, 0.29) is 0 Å². The van der Waals surface area contributed by atoms with Crippen LogP contribution in [0.5, 0.6) is 0 Å². The number of likely N-dealkylation sites (tertiary alicyclic amines) is 1. The van der Waals surface area contributed by atoms with E-state index in [0.717, 1.165) is 43.7 Å². The standard InChI is InChI=1S/C36H50N2/c1-8-11-27(4)36(12-9-2)37(7)29(6)35-25-33(19-20-34(35)32-13-10-14-32)28(5)38-23-21-31(22-24-38)30-17-15-26(3)16-18-30/h15-20,25,31-32H,5-6,8-14,21-24H2,1-4,7H3/b36-27+. The third-order valence-corrected chi connectivity index (χ3v) is 9.08. The van der Waals surface area contributed by atoms with Gasteiger partial charge in [0.1, 0.15) is 0 Å². The normalized spacial score (nSPS) is 17.1. The molecule has 1 aliphatic heterocycles. The minimum Gasteiger partial charge on any atom is -0.371 e. The zero-order valence-electron chi connectivity index (χ0n) is 24.8. The lowest BCUT2D eigenvalue weighted by Crippen LogP contribution is -2.31. The maximum absolute atomic E-state index is 4.68. The molecular weight excluding hydrogens is 460 g/mol. The summed E-state index contributed by atoms with van der Waals surface area (Å²) < 4.78 is 0. The van der Waals surface area contributed by atoms with Crippen molar-refractivity contribution in [3.63, 3.8) is 0 Å². The van der Waals surface area contributed by atoms with Crippen LogP contribution in [0.2, 0.25) is 0 Å². The average Bonchev–Trinajstić information content (AvgIpc) is 2.90. The monoisotopic (exact) mass is 510 g/mol. The highest BCUT2D eigenvalue weighted by atomic mass is 15.1. The van der Waals surface area contributed by atoms with Crippen LogP contribution in [-0.4, -0.2) is 29.9 Å². The zero-order valence-corrected chi connectivity index (χ0v) is 24.8. The second kappa shape index (κ2) is 12.9. The predicted octanol–water partition coefficient (Wildman–Crippen LogP) is 9.89. The van der Waals surface area contributed by atoms with E-state index in [9.17, 15) is 0 Å². The van der Waals surface area contributed by atoms with Crippen molar-refractivity contribution < 1.29 is 0 Å². The largest absolute Gasteiger partial charge is 0.371 e. The molecule has 0 bridgehead atoms. The van der Waals surface area contributed by atoms with E-state index < -0.39 is 0 Å². The van der Waals surface area contributed by atoms with Crippen LogP contribution >= 0.6 is 0 Å². The van der Waals surface area contributed by atoms with Gasteiger partial charge in [0.15, 0.2) is 0 Å². The van der Waals surface area contributed by atoms with Gasteiger partial charge < -0.3 is 9.80 Å². The molecule has 1 aliphatic carbocycles. The van der Waals surface area contributed by atoms with Crippen LogP contribution in [0.3, 0.4) is 0 Å². The molecule has 1 saturated heterocycles. The van der Waals surface area contributed by atoms with E-state index in [4.69, 9.17) is 0 Å². The number of aryl methyl sites for hydroxylation is 1. The Morgan fingerprint density at radius 2 is 1.55 bits per heavy atom. The average molecular weight is 511 g/mol. The van der Waals surface area contributed by atoms with Gasteiger partial charge in [-0.25, -0.2) is 0 Å². The Labute approximate surface area is 233 Å². The molecule has 204 valence electrons. The molecule has 0 N–H and O–H groups in total. The highest BCUT2D eigenvalue weighted by Crippen LogP contribution is 2.42. The van der Waals surface area contributed by atoms with Crippen LogP contribution in [0.4, 0.5) is 0 Å². The molecule has 2 aromatic carbocycles. The first-order valence-electron chi connectivity index (χ1n) is 15.1. The molecule has 1 saturated carbocycles. The summed E-state index contributed by atoms with van der Waals surface area (Å²) >= 11 is 0. The lowest BCUT2D eigenvalue weighted by atomic mass is 9.77. The van der Waals surface area contributed by atoms with Crippen LogP contribution < -0.4 is 0 Å². The van der Waals surface area contributed by atoms with Crippen molar-refractivity contribution in [1.82, 2.24) is 9.80 Å². The number of piperidine rings is 1. The lowest BCUT2D eigenvalue weighted by molar-refractivity contribution is 0.299. The number of benzene rings is 2. The predicted molar refractivity (Wildman–Crippen MR) is 166 cm³/mol. The number of nitrogens with zero attached hydrogens (tertiary/aromatic N) is 2. The lowest BCUT2D eigenvalue weighted by Gasteiger charge is -2.36. The van der Waals surface area contributed by atoms with Crippen LogP contribution in [0.15, 0.2) is 66.9 Å². The maximum Gasteiger partial charge on any atom is 0.0409 e. The van der Waals surface area contributed by atoms with Crippen molar-refractivity contribution in [2.75, 3.05) is 20.1 Å². The number of allylic oxidation sites excluding steroid dienone is 2. The summed E-state index contributed by atoms with van der Waals surface area (Å²) in [4.78, 5) is 4.90. The molecule has 2 heteroatoms. The first-order chi connectivity index (χ1) is 18.3. The van der Waals surface area contributed by atoms with Crippen LogP contribution in [0, 0.1) is 6.92 Å². The minimum absolute atomic E-state index is 0.653. The number of hydrogen-bond acceptors (Lipinski definition) is 2. The summed E-state index contributed by atoms with van der Waals surface area (Å²) in [6.07, 6.45) is 10.9. The van der Waals surface area contributed by atoms with Gasteiger partial charge in [0.2, 0.25) is 0 Å². The van der Waals surface area contributed by atoms with Gasteiger partial charge in [0, 0.05) is 42.8 Å². The number of hydrogen-bond donors (Lipinski definition) is 0. The van der Waals surface area contributed by atoms with Crippen LogP contribution in [-0.2, 0) is 0 Å². The highest BCUT2D eigenvalue weighted by molar-refractivity contribution is 5.73. The minimum atomic E-state index is 0.653. The van der Waals surface area contributed by atoms with Gasteiger partial charge >= 0.3 is 0 Å². The van der Waals surface area contributed by atoms with Gasteiger partial charge in [0.05, 0.1) is 0 Å².